The lowest BCUT2D eigenvalue weighted by Gasteiger charge is -2.21. The lowest BCUT2D eigenvalue weighted by Crippen LogP contribution is -2.42. The normalized spacial score (nSPS) is 13.9. The summed E-state index contributed by atoms with van der Waals surface area (Å²) in [5.74, 6) is -1.25. The molecular formula is C27H34N2O5. The van der Waals surface area contributed by atoms with Crippen LogP contribution >= 0.6 is 0 Å². The Morgan fingerprint density at radius 2 is 1.53 bits per heavy atom. The molecule has 7 heteroatoms. The number of carboxylic acids is 1. The van der Waals surface area contributed by atoms with Crippen molar-refractivity contribution in [2.45, 2.75) is 70.4 Å². The third kappa shape index (κ3) is 6.59. The summed E-state index contributed by atoms with van der Waals surface area (Å²) in [6, 6.07) is 15.5. The molecule has 0 spiro atoms. The minimum absolute atomic E-state index is 0.0307. The van der Waals surface area contributed by atoms with E-state index in [2.05, 4.69) is 34.9 Å². The molecular weight excluding hydrogens is 432 g/mol. The first-order valence-electron chi connectivity index (χ1n) is 12.1. The van der Waals surface area contributed by atoms with Crippen LogP contribution in [0.4, 0.5) is 4.79 Å². The molecule has 7 nitrogen and oxygen atoms in total. The van der Waals surface area contributed by atoms with Crippen molar-refractivity contribution in [3.63, 3.8) is 0 Å². The van der Waals surface area contributed by atoms with Gasteiger partial charge in [-0.2, -0.15) is 0 Å². The zero-order valence-corrected chi connectivity index (χ0v) is 19.9. The molecule has 1 aliphatic carbocycles. The van der Waals surface area contributed by atoms with E-state index < -0.39 is 18.1 Å². The average molecular weight is 467 g/mol. The zero-order chi connectivity index (χ0) is 24.5. The summed E-state index contributed by atoms with van der Waals surface area (Å²) in [7, 11) is 0. The van der Waals surface area contributed by atoms with Crippen LogP contribution in [0.5, 0.6) is 0 Å². The molecule has 0 aliphatic heterocycles. The number of alkyl carbamates (subject to hydrolysis) is 1. The third-order valence-corrected chi connectivity index (χ3v) is 6.28. The molecule has 0 aromatic heterocycles. The van der Waals surface area contributed by atoms with Gasteiger partial charge in [0, 0.05) is 24.4 Å². The van der Waals surface area contributed by atoms with E-state index in [0.29, 0.717) is 12.8 Å². The Labute approximate surface area is 200 Å². The van der Waals surface area contributed by atoms with Crippen molar-refractivity contribution < 1.29 is 24.2 Å². The van der Waals surface area contributed by atoms with Crippen molar-refractivity contribution in [3.8, 4) is 11.1 Å². The molecule has 0 saturated heterocycles. The van der Waals surface area contributed by atoms with Crippen LogP contribution in [0.3, 0.4) is 0 Å². The molecule has 3 N–H and O–H groups in total. The van der Waals surface area contributed by atoms with Gasteiger partial charge in [0.15, 0.2) is 0 Å². The van der Waals surface area contributed by atoms with E-state index in [9.17, 15) is 14.4 Å². The average Bonchev–Trinajstić information content (AvgIpc) is 3.14. The monoisotopic (exact) mass is 466 g/mol. The molecule has 0 radical (unpaired) electrons. The number of aliphatic carboxylic acids is 1. The highest BCUT2D eigenvalue weighted by Gasteiger charge is 2.29. The predicted molar refractivity (Wildman–Crippen MR) is 131 cm³/mol. The summed E-state index contributed by atoms with van der Waals surface area (Å²) < 4.78 is 5.63. The number of unbranched alkanes of at least 4 members (excludes halogenated alkanes) is 1. The maximum absolute atomic E-state index is 12.7. The van der Waals surface area contributed by atoms with Crippen LogP contribution < -0.4 is 10.6 Å². The Balaban J connectivity index is 1.59. The standard InChI is InChI=1S/C27H34N2O5/c1-3-5-10-19(15-25(30)28-18(4-2)16-26(31)32)29-27(33)34-17-24-22-13-8-6-11-20(22)21-12-7-9-14-23(21)24/h6-9,11-14,18-19,24H,3-5,10,15-17H2,1-2H3,(H,28,30)(H,29,33)(H,31,32)/t18?,19-/m1/s1. The smallest absolute Gasteiger partial charge is 0.407 e. The van der Waals surface area contributed by atoms with Crippen molar-refractivity contribution >= 4 is 18.0 Å². The first-order valence-corrected chi connectivity index (χ1v) is 12.1. The number of hydrogen-bond donors (Lipinski definition) is 3. The number of fused-ring (bicyclic) bond motifs is 3. The first-order chi connectivity index (χ1) is 16.4. The molecule has 1 unspecified atom stereocenters. The fraction of sp³-hybridized carbons (Fsp3) is 0.444. The minimum Gasteiger partial charge on any atom is -0.481 e. The summed E-state index contributed by atoms with van der Waals surface area (Å²) >= 11 is 0. The molecule has 0 bridgehead atoms. The van der Waals surface area contributed by atoms with E-state index in [1.807, 2.05) is 38.1 Å². The molecule has 2 aromatic carbocycles. The molecule has 0 saturated carbocycles. The lowest BCUT2D eigenvalue weighted by molar-refractivity contribution is -0.137. The van der Waals surface area contributed by atoms with Crippen LogP contribution in [-0.2, 0) is 14.3 Å². The highest BCUT2D eigenvalue weighted by molar-refractivity contribution is 5.80. The molecule has 34 heavy (non-hydrogen) atoms. The van der Waals surface area contributed by atoms with Crippen LogP contribution in [0, 0.1) is 0 Å². The Bertz CT molecular complexity index is 961. The van der Waals surface area contributed by atoms with E-state index in [1.165, 1.54) is 0 Å². The molecule has 0 heterocycles. The largest absolute Gasteiger partial charge is 0.481 e. The summed E-state index contributed by atoms with van der Waals surface area (Å²) in [6.45, 7) is 4.09. The molecule has 182 valence electrons. The summed E-state index contributed by atoms with van der Waals surface area (Å²) in [6.07, 6.45) is 2.37. The molecule has 1 aliphatic rings. The quantitative estimate of drug-likeness (QED) is 0.415. The summed E-state index contributed by atoms with van der Waals surface area (Å²) in [5.41, 5.74) is 4.61. The molecule has 2 aromatic rings. The topological polar surface area (TPSA) is 105 Å². The van der Waals surface area contributed by atoms with Gasteiger partial charge in [0.2, 0.25) is 5.91 Å². The SMILES string of the molecule is CCCC[C@H](CC(=O)NC(CC)CC(=O)O)NC(=O)OCC1c2ccccc2-c2ccccc21. The van der Waals surface area contributed by atoms with E-state index in [4.69, 9.17) is 9.84 Å². The number of benzene rings is 2. The Hall–Kier alpha value is -3.35. The van der Waals surface area contributed by atoms with Gasteiger partial charge in [0.25, 0.3) is 0 Å². The highest BCUT2D eigenvalue weighted by atomic mass is 16.5. The Morgan fingerprint density at radius 3 is 2.09 bits per heavy atom. The predicted octanol–water partition coefficient (Wildman–Crippen LogP) is 4.84. The van der Waals surface area contributed by atoms with Gasteiger partial charge >= 0.3 is 12.1 Å². The second-order valence-electron chi connectivity index (χ2n) is 8.78. The maximum atomic E-state index is 12.7. The molecule has 2 amide bonds. The van der Waals surface area contributed by atoms with Gasteiger partial charge in [-0.1, -0.05) is 75.2 Å². The van der Waals surface area contributed by atoms with Crippen LogP contribution in [0.1, 0.15) is 69.4 Å². The molecule has 2 atom stereocenters. The number of amides is 2. The number of nitrogens with one attached hydrogen (secondary N) is 2. The van der Waals surface area contributed by atoms with Gasteiger partial charge in [0.05, 0.1) is 6.42 Å². The van der Waals surface area contributed by atoms with E-state index >= 15 is 0 Å². The van der Waals surface area contributed by atoms with Gasteiger partial charge in [-0.15, -0.1) is 0 Å². The number of carbonyl (C=O) groups is 3. The second kappa shape index (κ2) is 12.2. The van der Waals surface area contributed by atoms with Gasteiger partial charge in [-0.3, -0.25) is 9.59 Å². The first kappa shape index (κ1) is 25.3. The van der Waals surface area contributed by atoms with E-state index in [0.717, 1.165) is 35.1 Å². The zero-order valence-electron chi connectivity index (χ0n) is 19.9. The van der Waals surface area contributed by atoms with Gasteiger partial charge in [-0.25, -0.2) is 4.79 Å². The number of ether oxygens (including phenoxy) is 1. The van der Waals surface area contributed by atoms with Crippen molar-refractivity contribution in [2.75, 3.05) is 6.61 Å². The van der Waals surface area contributed by atoms with Crippen LogP contribution in [-0.4, -0.2) is 41.8 Å². The molecule has 0 fully saturated rings. The van der Waals surface area contributed by atoms with E-state index in [-0.39, 0.29) is 37.3 Å². The number of rotatable bonds is 12. The van der Waals surface area contributed by atoms with Crippen LogP contribution in [0.25, 0.3) is 11.1 Å². The third-order valence-electron chi connectivity index (χ3n) is 6.28. The van der Waals surface area contributed by atoms with Gasteiger partial charge in [0.1, 0.15) is 6.61 Å². The van der Waals surface area contributed by atoms with Crippen molar-refractivity contribution in [3.05, 3.63) is 59.7 Å². The van der Waals surface area contributed by atoms with Gasteiger partial charge < -0.3 is 20.5 Å². The van der Waals surface area contributed by atoms with Crippen molar-refractivity contribution in [1.29, 1.82) is 0 Å². The maximum Gasteiger partial charge on any atom is 0.407 e. The Morgan fingerprint density at radius 1 is 0.912 bits per heavy atom. The second-order valence-corrected chi connectivity index (χ2v) is 8.78. The summed E-state index contributed by atoms with van der Waals surface area (Å²) in [4.78, 5) is 36.1. The van der Waals surface area contributed by atoms with Crippen LogP contribution in [0.2, 0.25) is 0 Å². The number of carboxylic acid groups (broad SMARTS) is 1. The minimum atomic E-state index is -0.952. The summed E-state index contributed by atoms with van der Waals surface area (Å²) in [5, 5.41) is 14.6. The highest BCUT2D eigenvalue weighted by Crippen LogP contribution is 2.44. The fourth-order valence-corrected chi connectivity index (χ4v) is 4.50. The number of carbonyl (C=O) groups excluding carboxylic acids is 2. The number of hydrogen-bond acceptors (Lipinski definition) is 4. The lowest BCUT2D eigenvalue weighted by atomic mass is 9.98. The fourth-order valence-electron chi connectivity index (χ4n) is 4.50. The van der Waals surface area contributed by atoms with Crippen LogP contribution in [0.15, 0.2) is 48.5 Å². The van der Waals surface area contributed by atoms with E-state index in [1.54, 1.807) is 0 Å². The van der Waals surface area contributed by atoms with Gasteiger partial charge in [-0.05, 0) is 35.1 Å². The van der Waals surface area contributed by atoms with Crippen molar-refractivity contribution in [1.82, 2.24) is 10.6 Å². The Kier molecular flexibility index (Phi) is 9.08. The molecule has 3 rings (SSSR count). The van der Waals surface area contributed by atoms with Crippen molar-refractivity contribution in [2.24, 2.45) is 0 Å².